The summed E-state index contributed by atoms with van der Waals surface area (Å²) in [6.45, 7) is 5.25. The number of nitrogens with zero attached hydrogens (tertiary/aromatic N) is 2. The van der Waals surface area contributed by atoms with Gasteiger partial charge in [0.05, 0.1) is 29.2 Å². The van der Waals surface area contributed by atoms with Crippen LogP contribution >= 0.6 is 0 Å². The second-order valence-corrected chi connectivity index (χ2v) is 6.73. The first-order valence-corrected chi connectivity index (χ1v) is 8.27. The zero-order chi connectivity index (χ0) is 14.6. The lowest BCUT2D eigenvalue weighted by Crippen LogP contribution is -2.07. The normalized spacial score (nSPS) is 11.5. The number of rotatable bonds is 6. The lowest BCUT2D eigenvalue weighted by Gasteiger charge is -2.09. The van der Waals surface area contributed by atoms with Crippen LogP contribution in [0, 0.1) is 0 Å². The molecule has 6 heteroatoms. The van der Waals surface area contributed by atoms with E-state index < -0.39 is 9.84 Å². The molecule has 0 radical (unpaired) electrons. The molecule has 0 amide bonds. The first kappa shape index (κ1) is 14.6. The Kier molecular flexibility index (Phi) is 4.44. The molecule has 1 aromatic heterocycles. The van der Waals surface area contributed by atoms with Gasteiger partial charge in [-0.15, -0.1) is 0 Å². The molecule has 108 valence electrons. The fourth-order valence-corrected chi connectivity index (χ4v) is 2.80. The summed E-state index contributed by atoms with van der Waals surface area (Å²) in [6, 6.07) is 6.85. The summed E-state index contributed by atoms with van der Waals surface area (Å²) in [7, 11) is -3.13. The summed E-state index contributed by atoms with van der Waals surface area (Å²) in [6.07, 6.45) is 3.63. The molecule has 0 atom stereocenters. The molecular weight excluding hydrogens is 274 g/mol. The van der Waals surface area contributed by atoms with Gasteiger partial charge in [-0.3, -0.25) is 0 Å². The minimum Gasteiger partial charge on any atom is -0.379 e. The van der Waals surface area contributed by atoms with Crippen LogP contribution in [-0.4, -0.2) is 23.7 Å². The maximum atomic E-state index is 11.7. The standard InChI is InChI=1S/C14H19N3O2S/c1-3-17-11-15-9-13(17)10-16-12-5-7-14(8-6-12)20(18,19)4-2/h5-9,11,16H,3-4,10H2,1-2H3. The van der Waals surface area contributed by atoms with E-state index in [2.05, 4.69) is 21.8 Å². The molecular formula is C14H19N3O2S. The van der Waals surface area contributed by atoms with Crippen LogP contribution in [-0.2, 0) is 22.9 Å². The van der Waals surface area contributed by atoms with E-state index in [-0.39, 0.29) is 5.75 Å². The Morgan fingerprint density at radius 2 is 1.90 bits per heavy atom. The third-order valence-corrected chi connectivity index (χ3v) is 4.96. The molecule has 0 saturated carbocycles. The number of imidazole rings is 1. The van der Waals surface area contributed by atoms with E-state index in [4.69, 9.17) is 0 Å². The highest BCUT2D eigenvalue weighted by Gasteiger charge is 2.10. The molecule has 0 fully saturated rings. The Hall–Kier alpha value is -1.82. The number of aromatic nitrogens is 2. The number of hydrogen-bond acceptors (Lipinski definition) is 4. The van der Waals surface area contributed by atoms with Crippen molar-refractivity contribution in [2.24, 2.45) is 0 Å². The van der Waals surface area contributed by atoms with Crippen molar-refractivity contribution in [3.8, 4) is 0 Å². The quantitative estimate of drug-likeness (QED) is 0.887. The van der Waals surface area contributed by atoms with Gasteiger partial charge >= 0.3 is 0 Å². The number of benzene rings is 1. The number of hydrogen-bond donors (Lipinski definition) is 1. The molecule has 0 saturated heterocycles. The predicted octanol–water partition coefficient (Wildman–Crippen LogP) is 2.31. The Labute approximate surface area is 119 Å². The van der Waals surface area contributed by atoms with E-state index in [9.17, 15) is 8.42 Å². The number of anilines is 1. The molecule has 1 heterocycles. The number of nitrogens with one attached hydrogen (secondary N) is 1. The topological polar surface area (TPSA) is 64.0 Å². The van der Waals surface area contributed by atoms with Gasteiger partial charge in [0, 0.05) is 18.4 Å². The van der Waals surface area contributed by atoms with E-state index in [1.165, 1.54) is 0 Å². The fraction of sp³-hybridized carbons (Fsp3) is 0.357. The van der Waals surface area contributed by atoms with Crippen LogP contribution in [0.1, 0.15) is 19.5 Å². The molecule has 1 aromatic carbocycles. The molecule has 0 aliphatic carbocycles. The van der Waals surface area contributed by atoms with E-state index in [1.807, 2.05) is 6.20 Å². The second-order valence-electron chi connectivity index (χ2n) is 4.45. The van der Waals surface area contributed by atoms with Crippen LogP contribution < -0.4 is 5.32 Å². The van der Waals surface area contributed by atoms with Crippen molar-refractivity contribution in [3.63, 3.8) is 0 Å². The summed E-state index contributed by atoms with van der Waals surface area (Å²) in [5, 5.41) is 3.26. The lowest BCUT2D eigenvalue weighted by atomic mass is 10.3. The monoisotopic (exact) mass is 293 g/mol. The molecule has 20 heavy (non-hydrogen) atoms. The zero-order valence-electron chi connectivity index (χ0n) is 11.7. The SMILES string of the molecule is CCn1cncc1CNc1ccc(S(=O)(=O)CC)cc1. The van der Waals surface area contributed by atoms with E-state index >= 15 is 0 Å². The third-order valence-electron chi connectivity index (χ3n) is 3.21. The number of sulfone groups is 1. The molecule has 2 aromatic rings. The molecule has 0 bridgehead atoms. The van der Waals surface area contributed by atoms with Gasteiger partial charge in [-0.25, -0.2) is 13.4 Å². The van der Waals surface area contributed by atoms with E-state index in [1.54, 1.807) is 37.5 Å². The van der Waals surface area contributed by atoms with Gasteiger partial charge in [0.25, 0.3) is 0 Å². The largest absolute Gasteiger partial charge is 0.379 e. The van der Waals surface area contributed by atoms with Gasteiger partial charge < -0.3 is 9.88 Å². The summed E-state index contributed by atoms with van der Waals surface area (Å²) >= 11 is 0. The highest BCUT2D eigenvalue weighted by molar-refractivity contribution is 7.91. The van der Waals surface area contributed by atoms with Crippen molar-refractivity contribution in [1.82, 2.24) is 9.55 Å². The fourth-order valence-electron chi connectivity index (χ4n) is 1.92. The van der Waals surface area contributed by atoms with Crippen molar-refractivity contribution in [1.29, 1.82) is 0 Å². The highest BCUT2D eigenvalue weighted by Crippen LogP contribution is 2.16. The molecule has 1 N–H and O–H groups in total. The van der Waals surface area contributed by atoms with Crippen LogP contribution in [0.4, 0.5) is 5.69 Å². The van der Waals surface area contributed by atoms with Crippen molar-refractivity contribution < 1.29 is 8.42 Å². The van der Waals surface area contributed by atoms with Crippen molar-refractivity contribution in [2.45, 2.75) is 31.8 Å². The van der Waals surface area contributed by atoms with Crippen molar-refractivity contribution in [2.75, 3.05) is 11.1 Å². The van der Waals surface area contributed by atoms with Gasteiger partial charge in [0.1, 0.15) is 0 Å². The first-order chi connectivity index (χ1) is 9.56. The molecule has 5 nitrogen and oxygen atoms in total. The van der Waals surface area contributed by atoms with Crippen LogP contribution in [0.2, 0.25) is 0 Å². The van der Waals surface area contributed by atoms with Crippen LogP contribution in [0.15, 0.2) is 41.7 Å². The summed E-state index contributed by atoms with van der Waals surface area (Å²) in [4.78, 5) is 4.47. The average Bonchev–Trinajstić information content (AvgIpc) is 2.93. The Bertz CT molecular complexity index is 660. The van der Waals surface area contributed by atoms with E-state index in [0.717, 1.165) is 17.9 Å². The predicted molar refractivity (Wildman–Crippen MR) is 79.4 cm³/mol. The highest BCUT2D eigenvalue weighted by atomic mass is 32.2. The maximum absolute atomic E-state index is 11.7. The van der Waals surface area contributed by atoms with Gasteiger partial charge in [-0.05, 0) is 31.2 Å². The summed E-state index contributed by atoms with van der Waals surface area (Å²) in [5.74, 6) is 0.120. The summed E-state index contributed by atoms with van der Waals surface area (Å²) in [5.41, 5.74) is 1.99. The molecule has 0 unspecified atom stereocenters. The van der Waals surface area contributed by atoms with Gasteiger partial charge in [-0.2, -0.15) is 0 Å². The minimum absolute atomic E-state index is 0.120. The smallest absolute Gasteiger partial charge is 0.178 e. The number of aryl methyl sites for hydroxylation is 1. The van der Waals surface area contributed by atoms with Crippen LogP contribution in [0.5, 0.6) is 0 Å². The molecule has 0 aliphatic heterocycles. The Morgan fingerprint density at radius 1 is 1.20 bits per heavy atom. The summed E-state index contributed by atoms with van der Waals surface area (Å²) < 4.78 is 25.5. The average molecular weight is 293 g/mol. The zero-order valence-corrected chi connectivity index (χ0v) is 12.5. The Balaban J connectivity index is 2.05. The van der Waals surface area contributed by atoms with Crippen LogP contribution in [0.3, 0.4) is 0 Å². The van der Waals surface area contributed by atoms with Gasteiger partial charge in [0.15, 0.2) is 9.84 Å². The van der Waals surface area contributed by atoms with Gasteiger partial charge in [0.2, 0.25) is 0 Å². The second kappa shape index (κ2) is 6.09. The van der Waals surface area contributed by atoms with E-state index in [0.29, 0.717) is 11.4 Å². The third kappa shape index (κ3) is 3.19. The van der Waals surface area contributed by atoms with Gasteiger partial charge in [-0.1, -0.05) is 6.92 Å². The van der Waals surface area contributed by atoms with Crippen molar-refractivity contribution in [3.05, 3.63) is 42.5 Å². The van der Waals surface area contributed by atoms with Crippen LogP contribution in [0.25, 0.3) is 0 Å². The first-order valence-electron chi connectivity index (χ1n) is 6.62. The molecule has 2 rings (SSSR count). The Morgan fingerprint density at radius 3 is 2.50 bits per heavy atom. The maximum Gasteiger partial charge on any atom is 0.178 e. The minimum atomic E-state index is -3.13. The van der Waals surface area contributed by atoms with Crippen molar-refractivity contribution >= 4 is 15.5 Å². The molecule has 0 spiro atoms. The molecule has 0 aliphatic rings. The lowest BCUT2D eigenvalue weighted by molar-refractivity contribution is 0.597.